The monoisotopic (exact) mass is 278 g/mol. The summed E-state index contributed by atoms with van der Waals surface area (Å²) in [5, 5.41) is 0. The Morgan fingerprint density at radius 2 is 2.37 bits per heavy atom. The molecular weight excluding hydrogens is 260 g/mol. The summed E-state index contributed by atoms with van der Waals surface area (Å²) >= 11 is 5.59. The summed E-state index contributed by atoms with van der Waals surface area (Å²) in [7, 11) is 0. The summed E-state index contributed by atoms with van der Waals surface area (Å²) in [4.78, 5) is 0. The summed E-state index contributed by atoms with van der Waals surface area (Å²) in [5.74, 6) is 8.19. The van der Waals surface area contributed by atoms with Crippen LogP contribution in [-0.4, -0.2) is 25.7 Å². The van der Waals surface area contributed by atoms with E-state index in [4.69, 9.17) is 21.1 Å². The van der Waals surface area contributed by atoms with Gasteiger partial charge in [-0.1, -0.05) is 11.8 Å². The van der Waals surface area contributed by atoms with Crippen LogP contribution in [0.15, 0.2) is 18.2 Å². The number of aryl methyl sites for hydroxylation is 1. The van der Waals surface area contributed by atoms with Crippen LogP contribution in [0.3, 0.4) is 0 Å². The van der Waals surface area contributed by atoms with E-state index >= 15 is 0 Å². The quantitative estimate of drug-likeness (QED) is 0.621. The van der Waals surface area contributed by atoms with E-state index in [0.29, 0.717) is 11.8 Å². The molecule has 1 aromatic carbocycles. The number of ether oxygens (including phenoxy) is 2. The highest BCUT2D eigenvalue weighted by Crippen LogP contribution is 2.21. The molecule has 0 N–H and O–H groups in total. The molecule has 1 atom stereocenters. The minimum Gasteiger partial charge on any atom is -0.493 e. The van der Waals surface area contributed by atoms with Crippen molar-refractivity contribution in [2.45, 2.75) is 19.8 Å². The second-order valence-electron chi connectivity index (χ2n) is 4.76. The van der Waals surface area contributed by atoms with Crippen LogP contribution in [0.25, 0.3) is 0 Å². The molecule has 2 nitrogen and oxygen atoms in total. The molecule has 1 saturated heterocycles. The molecule has 0 saturated carbocycles. The topological polar surface area (TPSA) is 18.5 Å². The van der Waals surface area contributed by atoms with Crippen molar-refractivity contribution in [2.24, 2.45) is 5.92 Å². The Hall–Kier alpha value is -1.17. The fourth-order valence-corrected chi connectivity index (χ4v) is 2.12. The molecule has 0 bridgehead atoms. The third kappa shape index (κ3) is 4.45. The molecule has 1 unspecified atom stereocenters. The van der Waals surface area contributed by atoms with E-state index < -0.39 is 0 Å². The molecule has 1 aliphatic heterocycles. The van der Waals surface area contributed by atoms with Gasteiger partial charge in [0.25, 0.3) is 0 Å². The standard InChI is InChI=1S/C16H19ClO2/c1-13-10-14(4-2-3-8-17)5-6-16(13)19-12-15-7-9-18-11-15/h5-6,10,15H,3,7-9,11-12H2,1H3. The summed E-state index contributed by atoms with van der Waals surface area (Å²) in [5.41, 5.74) is 2.13. The van der Waals surface area contributed by atoms with Gasteiger partial charge >= 0.3 is 0 Å². The first-order valence-corrected chi connectivity index (χ1v) is 7.19. The lowest BCUT2D eigenvalue weighted by atomic mass is 10.1. The summed E-state index contributed by atoms with van der Waals surface area (Å²) in [6.07, 6.45) is 1.82. The first-order valence-electron chi connectivity index (χ1n) is 6.65. The fourth-order valence-electron chi connectivity index (χ4n) is 2.02. The van der Waals surface area contributed by atoms with E-state index in [2.05, 4.69) is 17.9 Å². The molecule has 102 valence electrons. The highest BCUT2D eigenvalue weighted by atomic mass is 35.5. The highest BCUT2D eigenvalue weighted by molar-refractivity contribution is 6.18. The van der Waals surface area contributed by atoms with Gasteiger partial charge < -0.3 is 9.47 Å². The number of alkyl halides is 1. The predicted octanol–water partition coefficient (Wildman–Crippen LogP) is 3.39. The minimum atomic E-state index is 0.530. The molecule has 0 spiro atoms. The van der Waals surface area contributed by atoms with Crippen LogP contribution in [-0.2, 0) is 4.74 Å². The maximum atomic E-state index is 5.85. The molecule has 0 radical (unpaired) electrons. The molecular formula is C16H19ClO2. The van der Waals surface area contributed by atoms with Gasteiger partial charge in [-0.2, -0.15) is 0 Å². The largest absolute Gasteiger partial charge is 0.493 e. The molecule has 0 aliphatic carbocycles. The van der Waals surface area contributed by atoms with Gasteiger partial charge in [0.05, 0.1) is 13.2 Å². The van der Waals surface area contributed by atoms with Crippen molar-refractivity contribution >= 4 is 11.6 Å². The summed E-state index contributed by atoms with van der Waals surface area (Å²) in [6, 6.07) is 6.05. The van der Waals surface area contributed by atoms with Crippen LogP contribution in [0, 0.1) is 24.7 Å². The minimum absolute atomic E-state index is 0.530. The second-order valence-corrected chi connectivity index (χ2v) is 5.14. The molecule has 1 aliphatic rings. The first kappa shape index (κ1) is 14.2. The molecule has 0 amide bonds. The van der Waals surface area contributed by atoms with Crippen LogP contribution >= 0.6 is 11.6 Å². The van der Waals surface area contributed by atoms with Gasteiger partial charge in [-0.3, -0.25) is 0 Å². The molecule has 2 rings (SSSR count). The van der Waals surface area contributed by atoms with Crippen molar-refractivity contribution in [3.63, 3.8) is 0 Å². The summed E-state index contributed by atoms with van der Waals surface area (Å²) < 4.78 is 11.2. The van der Waals surface area contributed by atoms with Crippen molar-refractivity contribution < 1.29 is 9.47 Å². The van der Waals surface area contributed by atoms with E-state index in [1.807, 2.05) is 19.1 Å². The maximum absolute atomic E-state index is 5.85. The third-order valence-corrected chi connectivity index (χ3v) is 3.31. The van der Waals surface area contributed by atoms with Gasteiger partial charge in [-0.05, 0) is 37.1 Å². The Balaban J connectivity index is 1.93. The average molecular weight is 279 g/mol. The van der Waals surface area contributed by atoms with E-state index in [1.54, 1.807) is 0 Å². The van der Waals surface area contributed by atoms with Crippen LogP contribution < -0.4 is 4.74 Å². The first-order chi connectivity index (χ1) is 9.29. The average Bonchev–Trinajstić information content (AvgIpc) is 2.91. The number of hydrogen-bond acceptors (Lipinski definition) is 2. The lowest BCUT2D eigenvalue weighted by molar-refractivity contribution is 0.167. The molecule has 1 aromatic rings. The van der Waals surface area contributed by atoms with Crippen LogP contribution in [0.1, 0.15) is 24.0 Å². The van der Waals surface area contributed by atoms with Crippen molar-refractivity contribution in [1.29, 1.82) is 0 Å². The Bertz CT molecular complexity index is 467. The van der Waals surface area contributed by atoms with Gasteiger partial charge in [0, 0.05) is 30.4 Å². The van der Waals surface area contributed by atoms with Crippen molar-refractivity contribution in [1.82, 2.24) is 0 Å². The molecule has 19 heavy (non-hydrogen) atoms. The highest BCUT2D eigenvalue weighted by Gasteiger charge is 2.16. The van der Waals surface area contributed by atoms with Gasteiger partial charge in [0.1, 0.15) is 5.75 Å². The van der Waals surface area contributed by atoms with E-state index in [9.17, 15) is 0 Å². The molecule has 0 aromatic heterocycles. The number of benzene rings is 1. The predicted molar refractivity (Wildman–Crippen MR) is 77.8 cm³/mol. The lowest BCUT2D eigenvalue weighted by Gasteiger charge is -2.12. The Morgan fingerprint density at radius 3 is 3.05 bits per heavy atom. The van der Waals surface area contributed by atoms with Gasteiger partial charge in [-0.25, -0.2) is 0 Å². The van der Waals surface area contributed by atoms with E-state index in [0.717, 1.165) is 49.5 Å². The Labute approximate surface area is 120 Å². The SMILES string of the molecule is Cc1cc(C#CCCCl)ccc1OCC1CCOC1. The smallest absolute Gasteiger partial charge is 0.122 e. The Morgan fingerprint density at radius 1 is 1.47 bits per heavy atom. The molecule has 3 heteroatoms. The zero-order chi connectivity index (χ0) is 13.5. The zero-order valence-electron chi connectivity index (χ0n) is 11.2. The van der Waals surface area contributed by atoms with E-state index in [1.165, 1.54) is 0 Å². The van der Waals surface area contributed by atoms with Gasteiger partial charge in [0.2, 0.25) is 0 Å². The number of hydrogen-bond donors (Lipinski definition) is 0. The maximum Gasteiger partial charge on any atom is 0.122 e. The van der Waals surface area contributed by atoms with Crippen LogP contribution in [0.5, 0.6) is 5.75 Å². The third-order valence-electron chi connectivity index (χ3n) is 3.13. The van der Waals surface area contributed by atoms with E-state index in [-0.39, 0.29) is 0 Å². The molecule has 1 heterocycles. The van der Waals surface area contributed by atoms with Crippen molar-refractivity contribution in [3.8, 4) is 17.6 Å². The molecule has 1 fully saturated rings. The normalized spacial score (nSPS) is 17.9. The van der Waals surface area contributed by atoms with Crippen molar-refractivity contribution in [2.75, 3.05) is 25.7 Å². The number of rotatable bonds is 4. The summed E-state index contributed by atoms with van der Waals surface area (Å²) in [6.45, 7) is 4.47. The second kappa shape index (κ2) is 7.43. The van der Waals surface area contributed by atoms with Crippen LogP contribution in [0.4, 0.5) is 0 Å². The zero-order valence-corrected chi connectivity index (χ0v) is 12.0. The fraction of sp³-hybridized carbons (Fsp3) is 0.500. The van der Waals surface area contributed by atoms with Crippen LogP contribution in [0.2, 0.25) is 0 Å². The van der Waals surface area contributed by atoms with Gasteiger partial charge in [0.15, 0.2) is 0 Å². The lowest BCUT2D eigenvalue weighted by Crippen LogP contribution is -2.12. The van der Waals surface area contributed by atoms with Crippen molar-refractivity contribution in [3.05, 3.63) is 29.3 Å². The van der Waals surface area contributed by atoms with Gasteiger partial charge in [-0.15, -0.1) is 11.6 Å². The Kier molecular flexibility index (Phi) is 5.57. The number of halogens is 1.